The number of hydrogen-bond donors (Lipinski definition) is 1. The maximum Gasteiger partial charge on any atom is 0.355 e. The molecule has 2 aliphatic heterocycles. The van der Waals surface area contributed by atoms with Gasteiger partial charge in [0.05, 0.1) is 13.7 Å². The zero-order valence-electron chi connectivity index (χ0n) is 18.9. The van der Waals surface area contributed by atoms with Gasteiger partial charge in [-0.2, -0.15) is 5.10 Å². The monoisotopic (exact) mass is 463 g/mol. The fraction of sp³-hybridized carbons (Fsp3) is 0.214. The van der Waals surface area contributed by atoms with Gasteiger partial charge in [-0.05, 0) is 27.8 Å². The molecule has 3 aromatic rings. The van der Waals surface area contributed by atoms with E-state index in [1.807, 2.05) is 78.9 Å². The fourth-order valence-corrected chi connectivity index (χ4v) is 6.97. The third kappa shape index (κ3) is 2.09. The van der Waals surface area contributed by atoms with Crippen molar-refractivity contribution in [1.82, 2.24) is 10.3 Å². The van der Waals surface area contributed by atoms with E-state index in [0.29, 0.717) is 0 Å². The van der Waals surface area contributed by atoms with E-state index < -0.39 is 34.7 Å². The quantitative estimate of drug-likeness (QED) is 0.477. The Labute approximate surface area is 201 Å². The second kappa shape index (κ2) is 6.66. The summed E-state index contributed by atoms with van der Waals surface area (Å²) in [4.78, 5) is 43.5. The molecule has 0 spiro atoms. The minimum Gasteiger partial charge on any atom is -0.464 e. The molecule has 1 N–H and O–H groups in total. The second-order valence-corrected chi connectivity index (χ2v) is 9.49. The maximum atomic E-state index is 14.6. The summed E-state index contributed by atoms with van der Waals surface area (Å²) in [6, 6.07) is 25.2. The summed E-state index contributed by atoms with van der Waals surface area (Å²) in [7, 11) is 1.27. The molecular formula is C28H21N3O4. The third-order valence-corrected chi connectivity index (χ3v) is 8.17. The molecule has 2 heterocycles. The van der Waals surface area contributed by atoms with Gasteiger partial charge in [0.25, 0.3) is 5.91 Å². The molecule has 1 fully saturated rings. The van der Waals surface area contributed by atoms with Crippen molar-refractivity contribution in [3.05, 3.63) is 107 Å². The summed E-state index contributed by atoms with van der Waals surface area (Å²) in [5, 5.41) is 4.39. The third-order valence-electron chi connectivity index (χ3n) is 8.17. The van der Waals surface area contributed by atoms with Crippen LogP contribution in [0.3, 0.4) is 0 Å². The number of imide groups is 1. The lowest BCUT2D eigenvalue weighted by atomic mass is 9.43. The highest BCUT2D eigenvalue weighted by Gasteiger charge is 2.84. The molecule has 1 saturated heterocycles. The first-order valence-corrected chi connectivity index (χ1v) is 11.6. The minimum atomic E-state index is -1.54. The standard InChI is InChI=1S/C28H21N3O4/c1-35-24(32)23-27-21-17-11-5-7-13-19(17)22(20-14-8-6-12-18(20)21)28(27,30-29-23)26(34)31(25(27)33)15-16-9-3-2-4-10-16/h2-14,21-22,30H,15H2,1H3. The first-order chi connectivity index (χ1) is 17.1. The Kier molecular flexibility index (Phi) is 3.83. The highest BCUT2D eigenvalue weighted by atomic mass is 16.5. The number of methoxy groups -OCH3 is 1. The summed E-state index contributed by atoms with van der Waals surface area (Å²) in [6.45, 7) is 0.115. The highest BCUT2D eigenvalue weighted by Crippen LogP contribution is 2.70. The van der Waals surface area contributed by atoms with Crippen LogP contribution in [-0.2, 0) is 25.7 Å². The predicted octanol–water partition coefficient (Wildman–Crippen LogP) is 2.70. The van der Waals surface area contributed by atoms with E-state index in [2.05, 4.69) is 10.5 Å². The van der Waals surface area contributed by atoms with Crippen LogP contribution in [0.1, 0.15) is 39.7 Å². The van der Waals surface area contributed by atoms with Gasteiger partial charge < -0.3 is 4.74 Å². The number of benzene rings is 3. The molecule has 35 heavy (non-hydrogen) atoms. The average molecular weight is 463 g/mol. The summed E-state index contributed by atoms with van der Waals surface area (Å²) in [5.74, 6) is -2.55. The average Bonchev–Trinajstić information content (AvgIpc) is 3.37. The molecule has 2 atom stereocenters. The Hall–Kier alpha value is -4.26. The summed E-state index contributed by atoms with van der Waals surface area (Å²) < 4.78 is 5.11. The second-order valence-electron chi connectivity index (χ2n) is 9.49. The zero-order valence-corrected chi connectivity index (χ0v) is 18.9. The van der Waals surface area contributed by atoms with E-state index >= 15 is 0 Å². The molecule has 0 saturated carbocycles. The highest BCUT2D eigenvalue weighted by molar-refractivity contribution is 6.47. The lowest BCUT2D eigenvalue weighted by Crippen LogP contribution is -2.69. The van der Waals surface area contributed by atoms with Gasteiger partial charge in [-0.25, -0.2) is 4.79 Å². The first-order valence-electron chi connectivity index (χ1n) is 11.6. The normalized spacial score (nSPS) is 29.1. The van der Waals surface area contributed by atoms with E-state index in [1.54, 1.807) is 0 Å². The van der Waals surface area contributed by atoms with Gasteiger partial charge in [0, 0.05) is 11.8 Å². The van der Waals surface area contributed by atoms with Crippen molar-refractivity contribution in [2.45, 2.75) is 23.9 Å². The van der Waals surface area contributed by atoms with Crippen LogP contribution in [-0.4, -0.2) is 41.0 Å². The van der Waals surface area contributed by atoms with Crippen molar-refractivity contribution in [1.29, 1.82) is 0 Å². The number of nitrogens with zero attached hydrogens (tertiary/aromatic N) is 2. The van der Waals surface area contributed by atoms with Crippen molar-refractivity contribution in [2.24, 2.45) is 10.5 Å². The Balaban J connectivity index is 1.55. The Morgan fingerprint density at radius 2 is 1.40 bits per heavy atom. The number of amides is 2. The maximum absolute atomic E-state index is 14.6. The number of ether oxygens (including phenoxy) is 1. The molecule has 3 aliphatic carbocycles. The number of hydrogen-bond acceptors (Lipinski definition) is 6. The van der Waals surface area contributed by atoms with E-state index in [0.717, 1.165) is 27.8 Å². The van der Waals surface area contributed by atoms with Gasteiger partial charge in [0.2, 0.25) is 5.91 Å². The molecule has 0 radical (unpaired) electrons. The molecule has 0 aromatic heterocycles. The van der Waals surface area contributed by atoms with Crippen LogP contribution in [0.5, 0.6) is 0 Å². The summed E-state index contributed by atoms with van der Waals surface area (Å²) in [5.41, 5.74) is 4.71. The molecular weight excluding hydrogens is 442 g/mol. The van der Waals surface area contributed by atoms with Crippen LogP contribution in [0.25, 0.3) is 0 Å². The van der Waals surface area contributed by atoms with Gasteiger partial charge in [-0.1, -0.05) is 78.9 Å². The van der Waals surface area contributed by atoms with Crippen LogP contribution < -0.4 is 5.43 Å². The molecule has 3 aromatic carbocycles. The van der Waals surface area contributed by atoms with Gasteiger partial charge in [-0.15, -0.1) is 0 Å². The number of carbonyl (C=O) groups is 3. The van der Waals surface area contributed by atoms with Crippen LogP contribution in [0, 0.1) is 5.41 Å². The lowest BCUT2D eigenvalue weighted by molar-refractivity contribution is -0.142. The van der Waals surface area contributed by atoms with E-state index in [-0.39, 0.29) is 18.2 Å². The van der Waals surface area contributed by atoms with Crippen LogP contribution >= 0.6 is 0 Å². The van der Waals surface area contributed by atoms with Crippen LogP contribution in [0.15, 0.2) is 84.0 Å². The molecule has 2 unspecified atom stereocenters. The molecule has 2 bridgehead atoms. The van der Waals surface area contributed by atoms with Crippen molar-refractivity contribution >= 4 is 23.5 Å². The van der Waals surface area contributed by atoms with Gasteiger partial charge in [-0.3, -0.25) is 19.9 Å². The van der Waals surface area contributed by atoms with Gasteiger partial charge >= 0.3 is 5.97 Å². The number of esters is 1. The van der Waals surface area contributed by atoms with E-state index in [4.69, 9.17) is 4.74 Å². The summed E-state index contributed by atoms with van der Waals surface area (Å²) in [6.07, 6.45) is 0. The molecule has 5 aliphatic rings. The van der Waals surface area contributed by atoms with Gasteiger partial charge in [0.1, 0.15) is 5.41 Å². The molecule has 2 amide bonds. The number of nitrogens with one attached hydrogen (secondary N) is 1. The van der Waals surface area contributed by atoms with Gasteiger partial charge in [0.15, 0.2) is 11.3 Å². The first kappa shape index (κ1) is 20.1. The topological polar surface area (TPSA) is 88.1 Å². The van der Waals surface area contributed by atoms with Crippen molar-refractivity contribution in [3.8, 4) is 0 Å². The van der Waals surface area contributed by atoms with Crippen molar-refractivity contribution < 1.29 is 19.1 Å². The van der Waals surface area contributed by atoms with Crippen molar-refractivity contribution in [2.75, 3.05) is 7.11 Å². The summed E-state index contributed by atoms with van der Waals surface area (Å²) >= 11 is 0. The van der Waals surface area contributed by atoms with Crippen LogP contribution in [0.2, 0.25) is 0 Å². The molecule has 8 rings (SSSR count). The molecule has 172 valence electrons. The molecule has 7 heteroatoms. The minimum absolute atomic E-state index is 0.0343. The van der Waals surface area contributed by atoms with E-state index in [1.165, 1.54) is 12.0 Å². The lowest BCUT2D eigenvalue weighted by Gasteiger charge is -2.55. The number of hydrazone groups is 1. The largest absolute Gasteiger partial charge is 0.464 e. The van der Waals surface area contributed by atoms with Crippen LogP contribution in [0.4, 0.5) is 0 Å². The number of likely N-dealkylation sites (tertiary alicyclic amines) is 1. The number of rotatable bonds is 3. The van der Waals surface area contributed by atoms with E-state index in [9.17, 15) is 14.4 Å². The SMILES string of the molecule is COC(=O)C1=NNC23C(=O)N(Cc4ccccc4)C(=O)C12C1c2ccccc2C3c2ccccc21. The number of carbonyl (C=O) groups excluding carboxylic acids is 3. The Bertz CT molecular complexity index is 1430. The predicted molar refractivity (Wildman–Crippen MR) is 126 cm³/mol. The Morgan fingerprint density at radius 3 is 1.97 bits per heavy atom. The van der Waals surface area contributed by atoms with Crippen molar-refractivity contribution in [3.63, 3.8) is 0 Å². The zero-order chi connectivity index (χ0) is 23.9. The molecule has 7 nitrogen and oxygen atoms in total. The fourth-order valence-electron chi connectivity index (χ4n) is 6.97. The Morgan fingerprint density at radius 1 is 0.857 bits per heavy atom. The smallest absolute Gasteiger partial charge is 0.355 e.